The van der Waals surface area contributed by atoms with Crippen molar-refractivity contribution in [3.63, 3.8) is 0 Å². The maximum absolute atomic E-state index is 12.5. The van der Waals surface area contributed by atoms with Gasteiger partial charge in [-0.25, -0.2) is 13.1 Å². The van der Waals surface area contributed by atoms with E-state index < -0.39 is 15.4 Å². The topological polar surface area (TPSA) is 69.7 Å². The molecule has 7 heteroatoms. The second-order valence-corrected chi connectivity index (χ2v) is 8.67. The number of anilines is 1. The number of benzene rings is 1. The molecule has 0 saturated carbocycles. The van der Waals surface area contributed by atoms with E-state index in [1.807, 2.05) is 39.8 Å². The molecule has 0 spiro atoms. The molecule has 0 aliphatic carbocycles. The molecular formula is C17H27N3O3S. The summed E-state index contributed by atoms with van der Waals surface area (Å²) in [5, 5.41) is 0. The smallest absolute Gasteiger partial charge is 0.240 e. The molecule has 1 amide bonds. The van der Waals surface area contributed by atoms with Crippen LogP contribution in [0.3, 0.4) is 0 Å². The fourth-order valence-corrected chi connectivity index (χ4v) is 4.08. The van der Waals surface area contributed by atoms with Gasteiger partial charge in [-0.05, 0) is 71.6 Å². The van der Waals surface area contributed by atoms with E-state index in [4.69, 9.17) is 0 Å². The van der Waals surface area contributed by atoms with E-state index in [1.165, 1.54) is 0 Å². The van der Waals surface area contributed by atoms with Crippen LogP contribution in [0, 0.1) is 0 Å². The molecule has 24 heavy (non-hydrogen) atoms. The summed E-state index contributed by atoms with van der Waals surface area (Å²) in [7, 11) is 0.334. The van der Waals surface area contributed by atoms with Gasteiger partial charge in [0.2, 0.25) is 15.9 Å². The van der Waals surface area contributed by atoms with Crippen LogP contribution in [-0.2, 0) is 20.2 Å². The fourth-order valence-electron chi connectivity index (χ4n) is 2.98. The van der Waals surface area contributed by atoms with Crippen LogP contribution >= 0.6 is 0 Å². The van der Waals surface area contributed by atoms with Crippen LogP contribution in [0.1, 0.15) is 32.8 Å². The van der Waals surface area contributed by atoms with Crippen molar-refractivity contribution in [2.45, 2.75) is 37.5 Å². The van der Waals surface area contributed by atoms with Crippen molar-refractivity contribution in [2.24, 2.45) is 0 Å². The highest BCUT2D eigenvalue weighted by Gasteiger charge is 2.43. The van der Waals surface area contributed by atoms with E-state index in [0.717, 1.165) is 24.2 Å². The Morgan fingerprint density at radius 3 is 2.50 bits per heavy atom. The molecule has 2 rings (SSSR count). The predicted octanol–water partition coefficient (Wildman–Crippen LogP) is 1.56. The first-order valence-corrected chi connectivity index (χ1v) is 9.70. The lowest BCUT2D eigenvalue weighted by atomic mass is 9.86. The highest BCUT2D eigenvalue weighted by Crippen LogP contribution is 2.42. The van der Waals surface area contributed by atoms with Gasteiger partial charge in [0.15, 0.2) is 0 Å². The van der Waals surface area contributed by atoms with Crippen molar-refractivity contribution in [1.29, 1.82) is 0 Å². The second-order valence-electron chi connectivity index (χ2n) is 6.91. The third kappa shape index (κ3) is 3.48. The van der Waals surface area contributed by atoms with Gasteiger partial charge < -0.3 is 9.80 Å². The van der Waals surface area contributed by atoms with Crippen molar-refractivity contribution in [2.75, 3.05) is 38.6 Å². The zero-order valence-corrected chi connectivity index (χ0v) is 15.9. The number of carbonyl (C=O) groups excluding carboxylic acids is 1. The lowest BCUT2D eigenvalue weighted by Gasteiger charge is -2.18. The first-order valence-electron chi connectivity index (χ1n) is 8.22. The molecule has 0 fully saturated rings. The Morgan fingerprint density at radius 2 is 1.92 bits per heavy atom. The van der Waals surface area contributed by atoms with Crippen LogP contribution in [0.2, 0.25) is 0 Å². The molecule has 134 valence electrons. The Hall–Kier alpha value is -1.44. The summed E-state index contributed by atoms with van der Waals surface area (Å²) in [6, 6.07) is 4.95. The fraction of sp³-hybridized carbons (Fsp3) is 0.588. The number of rotatable bonds is 7. The lowest BCUT2D eigenvalue weighted by Crippen LogP contribution is -2.35. The monoisotopic (exact) mass is 353 g/mol. The van der Waals surface area contributed by atoms with Crippen molar-refractivity contribution < 1.29 is 13.2 Å². The molecule has 0 aromatic heterocycles. The summed E-state index contributed by atoms with van der Waals surface area (Å²) in [5.41, 5.74) is 0.867. The number of carbonyl (C=O) groups is 1. The summed E-state index contributed by atoms with van der Waals surface area (Å²) in [4.78, 5) is 16.4. The van der Waals surface area contributed by atoms with Gasteiger partial charge in [0.05, 0.1) is 10.3 Å². The number of hydrogen-bond acceptors (Lipinski definition) is 4. The van der Waals surface area contributed by atoms with Gasteiger partial charge in [-0.15, -0.1) is 0 Å². The Kier molecular flexibility index (Phi) is 5.37. The molecule has 1 aliphatic rings. The Balaban J connectivity index is 2.25. The maximum Gasteiger partial charge on any atom is 0.240 e. The summed E-state index contributed by atoms with van der Waals surface area (Å²) in [6.07, 6.45) is 0.741. The summed E-state index contributed by atoms with van der Waals surface area (Å²) < 4.78 is 27.6. The van der Waals surface area contributed by atoms with Gasteiger partial charge in [-0.3, -0.25) is 4.79 Å². The molecular weight excluding hydrogens is 326 g/mol. The first kappa shape index (κ1) is 18.9. The average Bonchev–Trinajstić information content (AvgIpc) is 2.70. The Bertz CT molecular complexity index is 727. The quantitative estimate of drug-likeness (QED) is 0.755. The van der Waals surface area contributed by atoms with Crippen LogP contribution in [0.4, 0.5) is 5.69 Å². The second kappa shape index (κ2) is 6.82. The van der Waals surface area contributed by atoms with Crippen LogP contribution in [0.5, 0.6) is 0 Å². The molecule has 1 aromatic rings. The van der Waals surface area contributed by atoms with E-state index in [1.54, 1.807) is 23.1 Å². The zero-order chi connectivity index (χ0) is 18.1. The minimum atomic E-state index is -3.57. The van der Waals surface area contributed by atoms with Gasteiger partial charge >= 0.3 is 0 Å². The van der Waals surface area contributed by atoms with Crippen molar-refractivity contribution in [3.05, 3.63) is 23.8 Å². The van der Waals surface area contributed by atoms with Crippen LogP contribution in [0.15, 0.2) is 23.1 Å². The first-order chi connectivity index (χ1) is 11.1. The highest BCUT2D eigenvalue weighted by molar-refractivity contribution is 7.89. The molecule has 0 saturated heterocycles. The molecule has 1 heterocycles. The third-order valence-corrected chi connectivity index (χ3v) is 5.87. The third-order valence-electron chi connectivity index (χ3n) is 4.41. The highest BCUT2D eigenvalue weighted by atomic mass is 32.2. The molecule has 0 atom stereocenters. The average molecular weight is 353 g/mol. The number of hydrogen-bond donors (Lipinski definition) is 1. The molecule has 1 N–H and O–H groups in total. The van der Waals surface area contributed by atoms with Gasteiger partial charge in [0.25, 0.3) is 0 Å². The van der Waals surface area contributed by atoms with E-state index >= 15 is 0 Å². The molecule has 0 unspecified atom stereocenters. The van der Waals surface area contributed by atoms with E-state index in [0.29, 0.717) is 13.1 Å². The van der Waals surface area contributed by atoms with E-state index in [-0.39, 0.29) is 10.8 Å². The van der Waals surface area contributed by atoms with Crippen molar-refractivity contribution >= 4 is 21.6 Å². The minimum absolute atomic E-state index is 0.00786. The lowest BCUT2D eigenvalue weighted by molar-refractivity contribution is -0.122. The van der Waals surface area contributed by atoms with Crippen LogP contribution in [0.25, 0.3) is 0 Å². The normalized spacial score (nSPS) is 16.8. The number of nitrogens with one attached hydrogen (secondary N) is 1. The molecule has 1 aliphatic heterocycles. The largest absolute Gasteiger partial charge is 0.312 e. The van der Waals surface area contributed by atoms with Crippen LogP contribution < -0.4 is 9.62 Å². The molecule has 0 radical (unpaired) electrons. The van der Waals surface area contributed by atoms with E-state index in [9.17, 15) is 13.2 Å². The summed E-state index contributed by atoms with van der Waals surface area (Å²) >= 11 is 0. The number of likely N-dealkylation sites (N-methyl/N-ethyl adjacent to an activating group) is 1. The molecule has 6 nitrogen and oxygen atoms in total. The van der Waals surface area contributed by atoms with Gasteiger partial charge in [0.1, 0.15) is 0 Å². The predicted molar refractivity (Wildman–Crippen MR) is 95.9 cm³/mol. The number of amides is 1. The number of sulfonamides is 1. The summed E-state index contributed by atoms with van der Waals surface area (Å²) in [6.45, 7) is 7.38. The molecule has 1 aromatic carbocycles. The summed E-state index contributed by atoms with van der Waals surface area (Å²) in [5.74, 6) is 0.00786. The number of nitrogens with zero attached hydrogens (tertiary/aromatic N) is 2. The Morgan fingerprint density at radius 1 is 1.25 bits per heavy atom. The van der Waals surface area contributed by atoms with E-state index in [2.05, 4.69) is 4.72 Å². The van der Waals surface area contributed by atoms with Crippen molar-refractivity contribution in [1.82, 2.24) is 9.62 Å². The SMILES string of the molecule is CCN1C(=O)C(C)(C)c2cc(S(=O)(=O)NCCCN(C)C)ccc21. The van der Waals surface area contributed by atoms with Gasteiger partial charge in [-0.2, -0.15) is 0 Å². The van der Waals surface area contributed by atoms with Gasteiger partial charge in [-0.1, -0.05) is 0 Å². The number of fused-ring (bicyclic) bond motifs is 1. The van der Waals surface area contributed by atoms with Gasteiger partial charge in [0, 0.05) is 18.8 Å². The maximum atomic E-state index is 12.5. The van der Waals surface area contributed by atoms with Crippen LogP contribution in [-0.4, -0.2) is 53.0 Å². The standard InChI is InChI=1S/C17H27N3O3S/c1-6-20-15-9-8-13(12-14(15)17(2,3)16(20)21)24(22,23)18-10-7-11-19(4)5/h8-9,12,18H,6-7,10-11H2,1-5H3. The van der Waals surface area contributed by atoms with Crippen molar-refractivity contribution in [3.8, 4) is 0 Å². The minimum Gasteiger partial charge on any atom is -0.312 e. The zero-order valence-electron chi connectivity index (χ0n) is 15.1. The molecule has 0 bridgehead atoms. The Labute approximate surface area is 144 Å².